The van der Waals surface area contributed by atoms with Crippen LogP contribution in [-0.4, -0.2) is 23.1 Å². The van der Waals surface area contributed by atoms with E-state index in [1.165, 1.54) is 12.6 Å². The van der Waals surface area contributed by atoms with Crippen LogP contribution < -0.4 is 16.2 Å². The van der Waals surface area contributed by atoms with Gasteiger partial charge in [-0.05, 0) is 31.1 Å². The summed E-state index contributed by atoms with van der Waals surface area (Å²) in [4.78, 5) is 9.90. The number of halogens is 1. The molecule has 2 heterocycles. The standard InChI is InChI=1S/C13H22FN5/c1-9(2)10-4-3-6-19(7-5-10)12-11(14)8-16-13(17-12)18-15/h8-10H,3-7,15H2,1-2H3,(H,16,17,18). The summed E-state index contributed by atoms with van der Waals surface area (Å²) in [5, 5.41) is 0. The van der Waals surface area contributed by atoms with Gasteiger partial charge in [0.1, 0.15) is 0 Å². The highest BCUT2D eigenvalue weighted by Crippen LogP contribution is 2.27. The van der Waals surface area contributed by atoms with Crippen molar-refractivity contribution in [3.05, 3.63) is 12.0 Å². The van der Waals surface area contributed by atoms with Gasteiger partial charge in [0.2, 0.25) is 5.95 Å². The predicted octanol–water partition coefficient (Wildman–Crippen LogP) is 2.16. The number of rotatable bonds is 3. The minimum atomic E-state index is -0.387. The van der Waals surface area contributed by atoms with Gasteiger partial charge in [0, 0.05) is 13.1 Å². The van der Waals surface area contributed by atoms with Gasteiger partial charge < -0.3 is 4.90 Å². The molecule has 0 bridgehead atoms. The van der Waals surface area contributed by atoms with Crippen molar-refractivity contribution in [3.8, 4) is 0 Å². The highest BCUT2D eigenvalue weighted by molar-refractivity contribution is 5.43. The number of hydrazine groups is 1. The summed E-state index contributed by atoms with van der Waals surface area (Å²) in [5.41, 5.74) is 2.36. The molecule has 0 saturated carbocycles. The lowest BCUT2D eigenvalue weighted by atomic mass is 9.89. The summed E-state index contributed by atoms with van der Waals surface area (Å²) in [5.74, 6) is 6.88. The number of nitrogens with zero attached hydrogens (tertiary/aromatic N) is 3. The lowest BCUT2D eigenvalue weighted by Gasteiger charge is -2.23. The fourth-order valence-electron chi connectivity index (χ4n) is 2.65. The van der Waals surface area contributed by atoms with Crippen LogP contribution >= 0.6 is 0 Å². The lowest BCUT2D eigenvalue weighted by Crippen LogP contribution is -2.27. The smallest absolute Gasteiger partial charge is 0.239 e. The van der Waals surface area contributed by atoms with Crippen LogP contribution in [0.15, 0.2) is 6.20 Å². The average Bonchev–Trinajstić information content (AvgIpc) is 2.65. The molecule has 0 spiro atoms. The molecule has 1 saturated heterocycles. The monoisotopic (exact) mass is 267 g/mol. The van der Waals surface area contributed by atoms with Crippen molar-refractivity contribution in [1.29, 1.82) is 0 Å². The van der Waals surface area contributed by atoms with Crippen LogP contribution in [-0.2, 0) is 0 Å². The van der Waals surface area contributed by atoms with Crippen molar-refractivity contribution < 1.29 is 4.39 Å². The molecule has 1 aromatic heterocycles. The van der Waals surface area contributed by atoms with Gasteiger partial charge in [-0.3, -0.25) is 5.43 Å². The lowest BCUT2D eigenvalue weighted by molar-refractivity contribution is 0.351. The Labute approximate surface area is 113 Å². The molecule has 1 unspecified atom stereocenters. The maximum atomic E-state index is 13.8. The number of anilines is 2. The highest BCUT2D eigenvalue weighted by Gasteiger charge is 2.22. The van der Waals surface area contributed by atoms with Crippen molar-refractivity contribution >= 4 is 11.8 Å². The maximum Gasteiger partial charge on any atom is 0.239 e. The third-order valence-electron chi connectivity index (χ3n) is 3.87. The normalized spacial score (nSPS) is 20.5. The molecule has 0 radical (unpaired) electrons. The number of nitrogens with two attached hydrogens (primary N) is 1. The Kier molecular flexibility index (Phi) is 4.52. The van der Waals surface area contributed by atoms with Gasteiger partial charge in [0.15, 0.2) is 11.6 Å². The molecule has 2 rings (SSSR count). The third-order valence-corrected chi connectivity index (χ3v) is 3.87. The van der Waals surface area contributed by atoms with Gasteiger partial charge in [-0.15, -0.1) is 0 Å². The highest BCUT2D eigenvalue weighted by atomic mass is 19.1. The molecule has 0 aromatic carbocycles. The summed E-state index contributed by atoms with van der Waals surface area (Å²) in [7, 11) is 0. The summed E-state index contributed by atoms with van der Waals surface area (Å²) in [6.45, 7) is 6.17. The second-order valence-corrected chi connectivity index (χ2v) is 5.43. The van der Waals surface area contributed by atoms with Gasteiger partial charge in [-0.25, -0.2) is 15.2 Å². The van der Waals surface area contributed by atoms with E-state index in [2.05, 4.69) is 29.2 Å². The van der Waals surface area contributed by atoms with Gasteiger partial charge >= 0.3 is 0 Å². The van der Waals surface area contributed by atoms with Crippen LogP contribution in [0.25, 0.3) is 0 Å². The first-order valence-corrected chi connectivity index (χ1v) is 6.86. The molecule has 1 aliphatic rings. The molecule has 1 atom stereocenters. The Hall–Kier alpha value is -1.43. The molecule has 0 amide bonds. The first-order valence-electron chi connectivity index (χ1n) is 6.86. The molecule has 3 N–H and O–H groups in total. The Morgan fingerprint density at radius 3 is 2.89 bits per heavy atom. The van der Waals surface area contributed by atoms with E-state index in [0.29, 0.717) is 17.7 Å². The predicted molar refractivity (Wildman–Crippen MR) is 74.2 cm³/mol. The van der Waals surface area contributed by atoms with Crippen molar-refractivity contribution in [2.24, 2.45) is 17.7 Å². The van der Waals surface area contributed by atoms with E-state index >= 15 is 0 Å². The maximum absolute atomic E-state index is 13.8. The first kappa shape index (κ1) is 14.0. The van der Waals surface area contributed by atoms with Crippen molar-refractivity contribution in [1.82, 2.24) is 9.97 Å². The molecule has 19 heavy (non-hydrogen) atoms. The fourth-order valence-corrected chi connectivity index (χ4v) is 2.65. The van der Waals surface area contributed by atoms with E-state index in [1.54, 1.807) is 0 Å². The van der Waals surface area contributed by atoms with Gasteiger partial charge in [0.05, 0.1) is 6.20 Å². The number of nitrogens with one attached hydrogen (secondary N) is 1. The van der Waals surface area contributed by atoms with Crippen molar-refractivity contribution in [2.75, 3.05) is 23.4 Å². The molecule has 1 aliphatic heterocycles. The van der Waals surface area contributed by atoms with Crippen LogP contribution in [0.4, 0.5) is 16.2 Å². The molecule has 0 aliphatic carbocycles. The number of hydrogen-bond acceptors (Lipinski definition) is 5. The number of nitrogen functional groups attached to an aromatic ring is 1. The van der Waals surface area contributed by atoms with Crippen molar-refractivity contribution in [2.45, 2.75) is 33.1 Å². The molecular weight excluding hydrogens is 245 g/mol. The molecule has 5 nitrogen and oxygen atoms in total. The Morgan fingerprint density at radius 1 is 1.42 bits per heavy atom. The quantitative estimate of drug-likeness (QED) is 0.649. The molecule has 6 heteroatoms. The number of hydrogen-bond donors (Lipinski definition) is 2. The van der Waals surface area contributed by atoms with Crippen LogP contribution in [0.5, 0.6) is 0 Å². The zero-order valence-corrected chi connectivity index (χ0v) is 11.6. The minimum absolute atomic E-state index is 0.251. The number of aromatic nitrogens is 2. The largest absolute Gasteiger partial charge is 0.354 e. The van der Waals surface area contributed by atoms with Crippen LogP contribution in [0.2, 0.25) is 0 Å². The van der Waals surface area contributed by atoms with Crippen LogP contribution in [0.1, 0.15) is 33.1 Å². The SMILES string of the molecule is CC(C)C1CCCN(c2nc(NN)ncc2F)CC1. The van der Waals surface area contributed by atoms with Crippen LogP contribution in [0, 0.1) is 17.7 Å². The van der Waals surface area contributed by atoms with Crippen molar-refractivity contribution in [3.63, 3.8) is 0 Å². The zero-order valence-electron chi connectivity index (χ0n) is 11.6. The second kappa shape index (κ2) is 6.14. The molecule has 106 valence electrons. The Balaban J connectivity index is 2.13. The fraction of sp³-hybridized carbons (Fsp3) is 0.692. The molecular formula is C13H22FN5. The van der Waals surface area contributed by atoms with E-state index in [4.69, 9.17) is 5.84 Å². The Bertz CT molecular complexity index is 423. The summed E-state index contributed by atoms with van der Waals surface area (Å²) in [6, 6.07) is 0. The zero-order chi connectivity index (χ0) is 13.8. The first-order chi connectivity index (χ1) is 9.11. The van der Waals surface area contributed by atoms with E-state index in [-0.39, 0.29) is 11.8 Å². The van der Waals surface area contributed by atoms with E-state index in [1.807, 2.05) is 4.90 Å². The average molecular weight is 267 g/mol. The van der Waals surface area contributed by atoms with E-state index in [9.17, 15) is 4.39 Å². The topological polar surface area (TPSA) is 67.1 Å². The van der Waals surface area contributed by atoms with Gasteiger partial charge in [-0.2, -0.15) is 4.98 Å². The summed E-state index contributed by atoms with van der Waals surface area (Å²) in [6.07, 6.45) is 4.51. The van der Waals surface area contributed by atoms with E-state index in [0.717, 1.165) is 25.9 Å². The summed E-state index contributed by atoms with van der Waals surface area (Å²) >= 11 is 0. The molecule has 1 aromatic rings. The minimum Gasteiger partial charge on any atom is -0.354 e. The molecule has 1 fully saturated rings. The Morgan fingerprint density at radius 2 is 2.21 bits per heavy atom. The second-order valence-electron chi connectivity index (χ2n) is 5.43. The van der Waals surface area contributed by atoms with Gasteiger partial charge in [0.25, 0.3) is 0 Å². The van der Waals surface area contributed by atoms with E-state index < -0.39 is 0 Å². The van der Waals surface area contributed by atoms with Crippen LogP contribution in [0.3, 0.4) is 0 Å². The summed E-state index contributed by atoms with van der Waals surface area (Å²) < 4.78 is 13.8. The van der Waals surface area contributed by atoms with Gasteiger partial charge in [-0.1, -0.05) is 13.8 Å². The third kappa shape index (κ3) is 3.32.